The Morgan fingerprint density at radius 1 is 1.38 bits per heavy atom. The van der Waals surface area contributed by atoms with Crippen LogP contribution in [0.2, 0.25) is 0 Å². The van der Waals surface area contributed by atoms with E-state index in [-0.39, 0.29) is 11.4 Å². The summed E-state index contributed by atoms with van der Waals surface area (Å²) in [6.07, 6.45) is 2.56. The van der Waals surface area contributed by atoms with Crippen LogP contribution in [0.1, 0.15) is 26.5 Å². The number of esters is 1. The van der Waals surface area contributed by atoms with E-state index in [2.05, 4.69) is 4.74 Å². The molecule has 1 rings (SSSR count). The van der Waals surface area contributed by atoms with Gasteiger partial charge in [-0.3, -0.25) is 10.1 Å². The topological polar surface area (TPSA) is 101 Å². The Hall–Kier alpha value is -2.64. The normalized spacial score (nSPS) is 11.4. The van der Waals surface area contributed by atoms with Crippen molar-refractivity contribution in [2.45, 2.75) is 26.4 Å². The number of nitrogens with zero attached hydrogens (tertiary/aromatic N) is 2. The van der Waals surface area contributed by atoms with Crippen LogP contribution < -0.4 is 0 Å². The highest BCUT2D eigenvalue weighted by Crippen LogP contribution is 2.23. The Morgan fingerprint density at radius 3 is 2.48 bits per heavy atom. The van der Waals surface area contributed by atoms with Crippen molar-refractivity contribution in [1.29, 1.82) is 0 Å². The third-order valence-electron chi connectivity index (χ3n) is 2.27. The zero-order valence-electron chi connectivity index (χ0n) is 12.2. The minimum Gasteiger partial charge on any atom is -0.466 e. The molecule has 0 aromatic carbocycles. The van der Waals surface area contributed by atoms with E-state index in [1.165, 1.54) is 13.3 Å². The number of nitro groups is 1. The standard InChI is InChI=1S/C13H16N2O6/c1-13(2,3)21-12(17)14-8-7-10(15(18)19)9(14)5-6-11(16)20-4/h5-8H,1-4H3. The van der Waals surface area contributed by atoms with Crippen LogP contribution in [0, 0.1) is 10.1 Å². The van der Waals surface area contributed by atoms with Crippen LogP contribution in [0.4, 0.5) is 10.5 Å². The van der Waals surface area contributed by atoms with E-state index in [1.54, 1.807) is 20.8 Å². The van der Waals surface area contributed by atoms with Crippen molar-refractivity contribution in [3.8, 4) is 0 Å². The summed E-state index contributed by atoms with van der Waals surface area (Å²) in [6, 6.07) is 1.15. The largest absolute Gasteiger partial charge is 0.466 e. The summed E-state index contributed by atoms with van der Waals surface area (Å²) < 4.78 is 10.5. The molecule has 0 aliphatic heterocycles. The van der Waals surface area contributed by atoms with Gasteiger partial charge in [-0.05, 0) is 26.8 Å². The molecule has 0 saturated carbocycles. The first-order valence-electron chi connectivity index (χ1n) is 6.01. The zero-order valence-corrected chi connectivity index (χ0v) is 12.2. The molecular formula is C13H16N2O6. The maximum Gasteiger partial charge on any atom is 0.419 e. The first-order valence-corrected chi connectivity index (χ1v) is 6.01. The van der Waals surface area contributed by atoms with Crippen LogP contribution in [-0.4, -0.2) is 34.3 Å². The van der Waals surface area contributed by atoms with Crippen LogP contribution in [0.5, 0.6) is 0 Å². The van der Waals surface area contributed by atoms with Crippen molar-refractivity contribution in [2.75, 3.05) is 7.11 Å². The van der Waals surface area contributed by atoms with Gasteiger partial charge in [0, 0.05) is 18.3 Å². The lowest BCUT2D eigenvalue weighted by molar-refractivity contribution is -0.385. The molecule has 8 nitrogen and oxygen atoms in total. The van der Waals surface area contributed by atoms with E-state index in [0.717, 1.165) is 22.8 Å². The van der Waals surface area contributed by atoms with Crippen molar-refractivity contribution in [2.24, 2.45) is 0 Å². The van der Waals surface area contributed by atoms with Gasteiger partial charge in [0.05, 0.1) is 12.0 Å². The average molecular weight is 296 g/mol. The monoisotopic (exact) mass is 296 g/mol. The molecule has 21 heavy (non-hydrogen) atoms. The molecule has 8 heteroatoms. The molecule has 1 aromatic heterocycles. The molecule has 0 N–H and O–H groups in total. The molecule has 0 amide bonds. The van der Waals surface area contributed by atoms with Gasteiger partial charge in [0.1, 0.15) is 11.3 Å². The van der Waals surface area contributed by atoms with Gasteiger partial charge in [0.25, 0.3) is 5.69 Å². The SMILES string of the molecule is COC(=O)C=Cc1c([N+](=O)[O-])ccn1C(=O)OC(C)(C)C. The van der Waals surface area contributed by atoms with Crippen molar-refractivity contribution in [3.05, 3.63) is 34.1 Å². The first-order chi connectivity index (χ1) is 9.65. The summed E-state index contributed by atoms with van der Waals surface area (Å²) in [6.45, 7) is 5.02. The van der Waals surface area contributed by atoms with Crippen LogP contribution in [-0.2, 0) is 14.3 Å². The van der Waals surface area contributed by atoms with Crippen molar-refractivity contribution < 1.29 is 24.0 Å². The molecule has 0 aliphatic rings. The fourth-order valence-electron chi connectivity index (χ4n) is 1.44. The lowest BCUT2D eigenvalue weighted by Crippen LogP contribution is -2.27. The number of carbonyl (C=O) groups is 2. The Bertz CT molecular complexity index is 594. The highest BCUT2D eigenvalue weighted by atomic mass is 16.6. The number of methoxy groups -OCH3 is 1. The molecule has 0 radical (unpaired) electrons. The maximum absolute atomic E-state index is 12.0. The number of rotatable bonds is 3. The summed E-state index contributed by atoms with van der Waals surface area (Å²) in [5.74, 6) is -0.693. The maximum atomic E-state index is 12.0. The molecule has 114 valence electrons. The summed E-state index contributed by atoms with van der Waals surface area (Å²) in [4.78, 5) is 33.4. The molecule has 0 spiro atoms. The number of ether oxygens (including phenoxy) is 2. The number of aromatic nitrogens is 1. The van der Waals surface area contributed by atoms with Gasteiger partial charge in [-0.15, -0.1) is 0 Å². The van der Waals surface area contributed by atoms with Gasteiger partial charge in [-0.25, -0.2) is 14.2 Å². The van der Waals surface area contributed by atoms with E-state index in [0.29, 0.717) is 0 Å². The Labute approximate surface area is 121 Å². The minimum atomic E-state index is -0.778. The minimum absolute atomic E-state index is 0.0698. The fourth-order valence-corrected chi connectivity index (χ4v) is 1.44. The van der Waals surface area contributed by atoms with Crippen molar-refractivity contribution in [1.82, 2.24) is 4.57 Å². The molecular weight excluding hydrogens is 280 g/mol. The number of carbonyl (C=O) groups excluding carboxylic acids is 2. The fraction of sp³-hybridized carbons (Fsp3) is 0.385. The van der Waals surface area contributed by atoms with Crippen molar-refractivity contribution in [3.63, 3.8) is 0 Å². The van der Waals surface area contributed by atoms with Crippen LogP contribution in [0.25, 0.3) is 6.08 Å². The van der Waals surface area contributed by atoms with E-state index >= 15 is 0 Å². The lowest BCUT2D eigenvalue weighted by atomic mass is 10.2. The van der Waals surface area contributed by atoms with Gasteiger partial charge in [0.2, 0.25) is 0 Å². The predicted octanol–water partition coefficient (Wildman–Crippen LogP) is 2.37. The van der Waals surface area contributed by atoms with Gasteiger partial charge < -0.3 is 9.47 Å². The Balaban J connectivity index is 3.21. The van der Waals surface area contributed by atoms with Crippen molar-refractivity contribution >= 4 is 23.8 Å². The summed E-state index contributed by atoms with van der Waals surface area (Å²) in [5.41, 5.74) is -1.14. The molecule has 0 aliphatic carbocycles. The molecule has 0 saturated heterocycles. The highest BCUT2D eigenvalue weighted by Gasteiger charge is 2.24. The summed E-state index contributed by atoms with van der Waals surface area (Å²) >= 11 is 0. The van der Waals surface area contributed by atoms with Gasteiger partial charge in [-0.2, -0.15) is 0 Å². The molecule has 1 aromatic rings. The van der Waals surface area contributed by atoms with Crippen LogP contribution in [0.15, 0.2) is 18.3 Å². The molecule has 0 fully saturated rings. The van der Waals surface area contributed by atoms with E-state index in [9.17, 15) is 19.7 Å². The van der Waals surface area contributed by atoms with Crippen LogP contribution >= 0.6 is 0 Å². The molecule has 0 bridgehead atoms. The van der Waals surface area contributed by atoms with E-state index < -0.39 is 22.6 Å². The van der Waals surface area contributed by atoms with Gasteiger partial charge in [0.15, 0.2) is 0 Å². The second-order valence-electron chi connectivity index (χ2n) is 5.05. The lowest BCUT2D eigenvalue weighted by Gasteiger charge is -2.19. The number of hydrogen-bond donors (Lipinski definition) is 0. The molecule has 0 atom stereocenters. The first kappa shape index (κ1) is 16.4. The zero-order chi connectivity index (χ0) is 16.2. The third-order valence-corrected chi connectivity index (χ3v) is 2.27. The Kier molecular flexibility index (Phi) is 4.85. The quantitative estimate of drug-likeness (QED) is 0.367. The van der Waals surface area contributed by atoms with E-state index in [4.69, 9.17) is 4.74 Å². The van der Waals surface area contributed by atoms with Crippen LogP contribution in [0.3, 0.4) is 0 Å². The smallest absolute Gasteiger partial charge is 0.419 e. The second-order valence-corrected chi connectivity index (χ2v) is 5.05. The van der Waals surface area contributed by atoms with E-state index in [1.807, 2.05) is 0 Å². The summed E-state index contributed by atoms with van der Waals surface area (Å²) in [7, 11) is 1.17. The second kappa shape index (κ2) is 6.21. The van der Waals surface area contributed by atoms with Gasteiger partial charge in [-0.1, -0.05) is 0 Å². The molecule has 1 heterocycles. The summed E-state index contributed by atoms with van der Waals surface area (Å²) in [5, 5.41) is 10.9. The average Bonchev–Trinajstić information content (AvgIpc) is 2.77. The Morgan fingerprint density at radius 2 is 2.00 bits per heavy atom. The van der Waals surface area contributed by atoms with Gasteiger partial charge >= 0.3 is 12.1 Å². The predicted molar refractivity (Wildman–Crippen MR) is 73.8 cm³/mol. The molecule has 0 unspecified atom stereocenters. The highest BCUT2D eigenvalue weighted by molar-refractivity contribution is 5.88. The number of hydrogen-bond acceptors (Lipinski definition) is 6. The third kappa shape index (κ3) is 4.44.